The Bertz CT molecular complexity index is 1290. The minimum absolute atomic E-state index is 0.114. The maximum absolute atomic E-state index is 13.9. The maximum atomic E-state index is 13.9. The van der Waals surface area contributed by atoms with Crippen molar-refractivity contribution in [3.05, 3.63) is 83.9 Å². The lowest BCUT2D eigenvalue weighted by molar-refractivity contribution is -0.113. The van der Waals surface area contributed by atoms with Crippen LogP contribution in [0.5, 0.6) is 5.75 Å². The second-order valence-electron chi connectivity index (χ2n) is 7.37. The molecule has 0 saturated heterocycles. The number of nitrogens with one attached hydrogen (secondary N) is 1. The SMILES string of the molecule is CCOc1ccc(-n2c(SCC(=O)Nc3c(F)cccc3F)nnc2-c2cccc(C)c2)cc1. The molecule has 0 saturated carbocycles. The van der Waals surface area contributed by atoms with Crippen LogP contribution in [0.25, 0.3) is 17.1 Å². The van der Waals surface area contributed by atoms with E-state index in [1.165, 1.54) is 6.07 Å². The zero-order valence-electron chi connectivity index (χ0n) is 18.6. The molecule has 6 nitrogen and oxygen atoms in total. The number of carbonyl (C=O) groups excluding carboxylic acids is 1. The number of rotatable bonds is 8. The number of aryl methyl sites for hydroxylation is 1. The van der Waals surface area contributed by atoms with E-state index in [-0.39, 0.29) is 5.75 Å². The fourth-order valence-electron chi connectivity index (χ4n) is 3.35. The van der Waals surface area contributed by atoms with Crippen molar-refractivity contribution in [1.82, 2.24) is 14.8 Å². The predicted molar refractivity (Wildman–Crippen MR) is 128 cm³/mol. The molecule has 0 fully saturated rings. The van der Waals surface area contributed by atoms with Gasteiger partial charge in [-0.05, 0) is 56.3 Å². The van der Waals surface area contributed by atoms with Crippen molar-refractivity contribution in [2.24, 2.45) is 0 Å². The molecule has 34 heavy (non-hydrogen) atoms. The van der Waals surface area contributed by atoms with Crippen molar-refractivity contribution in [3.8, 4) is 22.8 Å². The first-order chi connectivity index (χ1) is 16.5. The number of thioether (sulfide) groups is 1. The Morgan fingerprint density at radius 2 is 1.74 bits per heavy atom. The summed E-state index contributed by atoms with van der Waals surface area (Å²) in [5.74, 6) is -1.01. The van der Waals surface area contributed by atoms with E-state index in [9.17, 15) is 13.6 Å². The van der Waals surface area contributed by atoms with Gasteiger partial charge in [0.25, 0.3) is 0 Å². The number of ether oxygens (including phenoxy) is 1. The minimum Gasteiger partial charge on any atom is -0.494 e. The molecule has 0 aliphatic rings. The summed E-state index contributed by atoms with van der Waals surface area (Å²) in [6, 6.07) is 18.7. The van der Waals surface area contributed by atoms with Crippen LogP contribution >= 0.6 is 11.8 Å². The molecular weight excluding hydrogens is 458 g/mol. The van der Waals surface area contributed by atoms with E-state index >= 15 is 0 Å². The Morgan fingerprint density at radius 1 is 1.03 bits per heavy atom. The van der Waals surface area contributed by atoms with E-state index in [4.69, 9.17) is 4.74 Å². The number of halogens is 2. The average Bonchev–Trinajstić information content (AvgIpc) is 3.25. The van der Waals surface area contributed by atoms with Crippen LogP contribution in [-0.2, 0) is 4.79 Å². The van der Waals surface area contributed by atoms with Gasteiger partial charge in [-0.3, -0.25) is 9.36 Å². The van der Waals surface area contributed by atoms with Crippen LogP contribution in [0.15, 0.2) is 71.9 Å². The lowest BCUT2D eigenvalue weighted by Crippen LogP contribution is -2.16. The molecule has 0 spiro atoms. The van der Waals surface area contributed by atoms with Gasteiger partial charge in [0.2, 0.25) is 5.91 Å². The molecule has 0 atom stereocenters. The van der Waals surface area contributed by atoms with Crippen LogP contribution in [0, 0.1) is 18.6 Å². The van der Waals surface area contributed by atoms with Gasteiger partial charge in [-0.1, -0.05) is 41.6 Å². The van der Waals surface area contributed by atoms with Crippen molar-refractivity contribution >= 4 is 23.4 Å². The largest absolute Gasteiger partial charge is 0.494 e. The van der Waals surface area contributed by atoms with Crippen molar-refractivity contribution in [1.29, 1.82) is 0 Å². The summed E-state index contributed by atoms with van der Waals surface area (Å²) in [4.78, 5) is 12.4. The summed E-state index contributed by atoms with van der Waals surface area (Å²) in [7, 11) is 0. The molecule has 0 aliphatic carbocycles. The van der Waals surface area contributed by atoms with E-state index in [1.54, 1.807) is 0 Å². The zero-order chi connectivity index (χ0) is 24.1. The second-order valence-corrected chi connectivity index (χ2v) is 8.31. The smallest absolute Gasteiger partial charge is 0.235 e. The summed E-state index contributed by atoms with van der Waals surface area (Å²) >= 11 is 1.12. The Balaban J connectivity index is 1.62. The van der Waals surface area contributed by atoms with E-state index in [0.717, 1.165) is 46.5 Å². The molecule has 174 valence electrons. The van der Waals surface area contributed by atoms with Crippen LogP contribution in [0.2, 0.25) is 0 Å². The maximum Gasteiger partial charge on any atom is 0.235 e. The van der Waals surface area contributed by atoms with Crippen LogP contribution in [0.3, 0.4) is 0 Å². The van der Waals surface area contributed by atoms with Gasteiger partial charge < -0.3 is 10.1 Å². The van der Waals surface area contributed by atoms with Crippen LogP contribution < -0.4 is 10.1 Å². The molecule has 4 rings (SSSR count). The minimum atomic E-state index is -0.836. The van der Waals surface area contributed by atoms with Gasteiger partial charge >= 0.3 is 0 Å². The molecule has 0 bridgehead atoms. The summed E-state index contributed by atoms with van der Waals surface area (Å²) in [5, 5.41) is 11.4. The first-order valence-corrected chi connectivity index (χ1v) is 11.6. The van der Waals surface area contributed by atoms with E-state index in [0.29, 0.717) is 17.6 Å². The molecule has 4 aromatic rings. The number of benzene rings is 3. The Kier molecular flexibility index (Phi) is 7.22. The van der Waals surface area contributed by atoms with Gasteiger partial charge in [-0.25, -0.2) is 8.78 Å². The molecule has 9 heteroatoms. The number of aromatic nitrogens is 3. The van der Waals surface area contributed by atoms with E-state index in [1.807, 2.05) is 66.9 Å². The number of hydrogen-bond acceptors (Lipinski definition) is 5. The van der Waals surface area contributed by atoms with Crippen LogP contribution in [-0.4, -0.2) is 33.0 Å². The second kappa shape index (κ2) is 10.5. The molecule has 1 N–H and O–H groups in total. The normalized spacial score (nSPS) is 10.8. The third-order valence-electron chi connectivity index (χ3n) is 4.88. The topological polar surface area (TPSA) is 69.0 Å². The van der Waals surface area contributed by atoms with Gasteiger partial charge in [0, 0.05) is 11.3 Å². The summed E-state index contributed by atoms with van der Waals surface area (Å²) in [6.45, 7) is 4.46. The summed E-state index contributed by atoms with van der Waals surface area (Å²) in [5.41, 5.74) is 2.25. The Hall–Kier alpha value is -3.72. The molecule has 3 aromatic carbocycles. The van der Waals surface area contributed by atoms with Crippen LogP contribution in [0.4, 0.5) is 14.5 Å². The van der Waals surface area contributed by atoms with Crippen molar-refractivity contribution in [2.45, 2.75) is 19.0 Å². The number of hydrogen-bond donors (Lipinski definition) is 1. The van der Waals surface area contributed by atoms with Crippen molar-refractivity contribution in [3.63, 3.8) is 0 Å². The molecule has 0 aliphatic heterocycles. The first-order valence-electron chi connectivity index (χ1n) is 10.6. The highest BCUT2D eigenvalue weighted by Crippen LogP contribution is 2.29. The molecule has 1 aromatic heterocycles. The zero-order valence-corrected chi connectivity index (χ0v) is 19.4. The average molecular weight is 481 g/mol. The lowest BCUT2D eigenvalue weighted by atomic mass is 10.1. The van der Waals surface area contributed by atoms with Gasteiger partial charge in [0.1, 0.15) is 23.1 Å². The van der Waals surface area contributed by atoms with Crippen molar-refractivity contribution in [2.75, 3.05) is 17.7 Å². The summed E-state index contributed by atoms with van der Waals surface area (Å²) in [6.07, 6.45) is 0. The molecular formula is C25H22F2N4O2S. The summed E-state index contributed by atoms with van der Waals surface area (Å²) < 4.78 is 35.1. The molecule has 1 amide bonds. The highest BCUT2D eigenvalue weighted by atomic mass is 32.2. The van der Waals surface area contributed by atoms with E-state index < -0.39 is 23.2 Å². The highest BCUT2D eigenvalue weighted by Gasteiger charge is 2.19. The number of carbonyl (C=O) groups is 1. The molecule has 0 unspecified atom stereocenters. The molecule has 1 heterocycles. The number of nitrogens with zero attached hydrogens (tertiary/aromatic N) is 3. The highest BCUT2D eigenvalue weighted by molar-refractivity contribution is 7.99. The fraction of sp³-hybridized carbons (Fsp3) is 0.160. The van der Waals surface area contributed by atoms with Gasteiger partial charge in [0.15, 0.2) is 11.0 Å². The quantitative estimate of drug-likeness (QED) is 0.330. The van der Waals surface area contributed by atoms with Crippen molar-refractivity contribution < 1.29 is 18.3 Å². The number of para-hydroxylation sites is 1. The monoisotopic (exact) mass is 480 g/mol. The standard InChI is InChI=1S/C25H22F2N4O2S/c1-3-33-19-12-10-18(11-13-19)31-24(17-7-4-6-16(2)14-17)29-30-25(31)34-15-22(32)28-23-20(26)8-5-9-21(23)27/h4-14H,3,15H2,1-2H3,(H,28,32). The molecule has 0 radical (unpaired) electrons. The fourth-order valence-corrected chi connectivity index (χ4v) is 4.10. The van der Waals surface area contributed by atoms with E-state index in [2.05, 4.69) is 15.5 Å². The van der Waals surface area contributed by atoms with Crippen LogP contribution in [0.1, 0.15) is 12.5 Å². The van der Waals surface area contributed by atoms with Gasteiger partial charge in [-0.15, -0.1) is 10.2 Å². The third kappa shape index (κ3) is 5.26. The number of amides is 1. The van der Waals surface area contributed by atoms with Gasteiger partial charge in [-0.2, -0.15) is 0 Å². The Labute approximate surface area is 200 Å². The first kappa shape index (κ1) is 23.4. The predicted octanol–water partition coefficient (Wildman–Crippen LogP) is 5.65. The number of anilines is 1. The third-order valence-corrected chi connectivity index (χ3v) is 5.80. The lowest BCUT2D eigenvalue weighted by Gasteiger charge is -2.12. The Morgan fingerprint density at radius 3 is 2.41 bits per heavy atom. The van der Waals surface area contributed by atoms with Gasteiger partial charge in [0.05, 0.1) is 12.4 Å².